The molecule has 0 bridgehead atoms. The van der Waals surface area contributed by atoms with Gasteiger partial charge in [0.25, 0.3) is 0 Å². The first kappa shape index (κ1) is 19.0. The van der Waals surface area contributed by atoms with Gasteiger partial charge in [0, 0.05) is 23.6 Å². The summed E-state index contributed by atoms with van der Waals surface area (Å²) < 4.78 is 13.5. The summed E-state index contributed by atoms with van der Waals surface area (Å²) in [6, 6.07) is 16.5. The first-order chi connectivity index (χ1) is 13.7. The van der Waals surface area contributed by atoms with Crippen molar-refractivity contribution in [3.05, 3.63) is 54.1 Å². The van der Waals surface area contributed by atoms with Crippen molar-refractivity contribution in [2.75, 3.05) is 19.0 Å². The molecule has 4 rings (SSSR count). The topological polar surface area (TPSA) is 49.2 Å². The van der Waals surface area contributed by atoms with Gasteiger partial charge < -0.3 is 9.47 Å². The van der Waals surface area contributed by atoms with Gasteiger partial charge in [-0.25, -0.2) is 0 Å². The Morgan fingerprint density at radius 1 is 1.18 bits per heavy atom. The second-order valence-electron chi connectivity index (χ2n) is 6.88. The van der Waals surface area contributed by atoms with E-state index in [0.717, 1.165) is 53.2 Å². The molecule has 0 radical (unpaired) electrons. The fourth-order valence-corrected chi connectivity index (χ4v) is 4.39. The van der Waals surface area contributed by atoms with Crippen LogP contribution in [0.2, 0.25) is 0 Å². The number of ether oxygens (including phenoxy) is 2. The molecule has 0 aliphatic carbocycles. The number of hydrogen-bond donors (Lipinski definition) is 0. The third-order valence-electron chi connectivity index (χ3n) is 4.74. The van der Waals surface area contributed by atoms with Crippen LogP contribution in [0.1, 0.15) is 25.3 Å². The van der Waals surface area contributed by atoms with E-state index in [1.165, 1.54) is 5.56 Å². The summed E-state index contributed by atoms with van der Waals surface area (Å²) in [6.45, 7) is 5.60. The number of rotatable bonds is 7. The fourth-order valence-electron chi connectivity index (χ4n) is 3.37. The van der Waals surface area contributed by atoms with Crippen molar-refractivity contribution in [1.29, 1.82) is 0 Å². The molecule has 1 unspecified atom stereocenters. The van der Waals surface area contributed by atoms with E-state index in [-0.39, 0.29) is 0 Å². The second-order valence-corrected chi connectivity index (χ2v) is 7.87. The van der Waals surface area contributed by atoms with Crippen LogP contribution in [0.4, 0.5) is 0 Å². The Kier molecular flexibility index (Phi) is 5.98. The number of benzene rings is 2. The fraction of sp³-hybridized carbons (Fsp3) is 0.364. The van der Waals surface area contributed by atoms with Gasteiger partial charge in [-0.1, -0.05) is 35.5 Å². The monoisotopic (exact) mass is 395 g/mol. The first-order valence-electron chi connectivity index (χ1n) is 9.74. The minimum Gasteiger partial charge on any atom is -0.494 e. The zero-order chi connectivity index (χ0) is 19.3. The highest BCUT2D eigenvalue weighted by atomic mass is 32.2. The van der Waals surface area contributed by atoms with Crippen LogP contribution in [0.5, 0.6) is 5.75 Å². The Morgan fingerprint density at radius 3 is 2.75 bits per heavy atom. The smallest absolute Gasteiger partial charge is 0.196 e. The molecule has 2 heterocycles. The molecule has 2 aromatic carbocycles. The molecule has 0 N–H and O–H groups in total. The van der Waals surface area contributed by atoms with E-state index < -0.39 is 0 Å². The number of aromatic nitrogens is 3. The molecule has 28 heavy (non-hydrogen) atoms. The highest BCUT2D eigenvalue weighted by molar-refractivity contribution is 7.99. The summed E-state index contributed by atoms with van der Waals surface area (Å²) in [5.74, 6) is 2.61. The van der Waals surface area contributed by atoms with Crippen molar-refractivity contribution in [1.82, 2.24) is 14.8 Å². The van der Waals surface area contributed by atoms with Crippen LogP contribution >= 0.6 is 11.8 Å². The van der Waals surface area contributed by atoms with Crippen LogP contribution in [-0.2, 0) is 4.74 Å². The maximum absolute atomic E-state index is 5.78. The predicted octanol–water partition coefficient (Wildman–Crippen LogP) is 4.91. The van der Waals surface area contributed by atoms with E-state index in [2.05, 4.69) is 58.1 Å². The lowest BCUT2D eigenvalue weighted by molar-refractivity contribution is 0.129. The van der Waals surface area contributed by atoms with Gasteiger partial charge in [0.1, 0.15) is 5.75 Å². The molecule has 3 aromatic rings. The van der Waals surface area contributed by atoms with Crippen molar-refractivity contribution >= 4 is 11.8 Å². The van der Waals surface area contributed by atoms with E-state index >= 15 is 0 Å². The molecule has 1 fully saturated rings. The summed E-state index contributed by atoms with van der Waals surface area (Å²) in [5, 5.41) is 9.92. The van der Waals surface area contributed by atoms with Gasteiger partial charge in [0.05, 0.1) is 12.7 Å². The van der Waals surface area contributed by atoms with Crippen LogP contribution in [0.25, 0.3) is 17.1 Å². The van der Waals surface area contributed by atoms with Crippen LogP contribution in [0.3, 0.4) is 0 Å². The summed E-state index contributed by atoms with van der Waals surface area (Å²) in [5.41, 5.74) is 3.29. The molecular weight excluding hydrogens is 370 g/mol. The van der Waals surface area contributed by atoms with Gasteiger partial charge >= 0.3 is 0 Å². The Hall–Kier alpha value is -2.31. The summed E-state index contributed by atoms with van der Waals surface area (Å²) in [6.07, 6.45) is 2.57. The normalized spacial score (nSPS) is 16.4. The van der Waals surface area contributed by atoms with Gasteiger partial charge in [0.15, 0.2) is 11.0 Å². The van der Waals surface area contributed by atoms with E-state index in [0.29, 0.717) is 12.7 Å². The van der Waals surface area contributed by atoms with Gasteiger partial charge in [-0.2, -0.15) is 0 Å². The third kappa shape index (κ3) is 4.23. The number of hydrogen-bond acceptors (Lipinski definition) is 5. The SMILES string of the molecule is CCOc1ccc(-n2c(SCC3CCCO3)nnc2-c2cccc(C)c2)cc1. The molecule has 5 nitrogen and oxygen atoms in total. The molecule has 1 aromatic heterocycles. The molecule has 1 aliphatic rings. The molecule has 1 atom stereocenters. The Labute approximate surface area is 170 Å². The quantitative estimate of drug-likeness (QED) is 0.532. The Balaban J connectivity index is 1.69. The predicted molar refractivity (Wildman–Crippen MR) is 112 cm³/mol. The van der Waals surface area contributed by atoms with Crippen LogP contribution in [0, 0.1) is 6.92 Å². The summed E-state index contributed by atoms with van der Waals surface area (Å²) >= 11 is 1.71. The minimum absolute atomic E-state index is 0.304. The second kappa shape index (κ2) is 8.80. The lowest BCUT2D eigenvalue weighted by Gasteiger charge is -2.13. The lowest BCUT2D eigenvalue weighted by atomic mass is 10.1. The maximum Gasteiger partial charge on any atom is 0.196 e. The lowest BCUT2D eigenvalue weighted by Crippen LogP contribution is -2.09. The Morgan fingerprint density at radius 2 is 2.04 bits per heavy atom. The highest BCUT2D eigenvalue weighted by Crippen LogP contribution is 2.30. The number of aryl methyl sites for hydroxylation is 1. The third-order valence-corrected chi connectivity index (χ3v) is 5.80. The summed E-state index contributed by atoms with van der Waals surface area (Å²) in [4.78, 5) is 0. The molecule has 0 saturated carbocycles. The molecule has 6 heteroatoms. The highest BCUT2D eigenvalue weighted by Gasteiger charge is 2.20. The largest absolute Gasteiger partial charge is 0.494 e. The Bertz CT molecular complexity index is 918. The van der Waals surface area contributed by atoms with Gasteiger partial charge in [0.2, 0.25) is 0 Å². The van der Waals surface area contributed by atoms with E-state index in [9.17, 15) is 0 Å². The first-order valence-corrected chi connectivity index (χ1v) is 10.7. The molecule has 1 saturated heterocycles. The number of thioether (sulfide) groups is 1. The van der Waals surface area contributed by atoms with E-state index in [1.807, 2.05) is 19.1 Å². The molecule has 1 aliphatic heterocycles. The van der Waals surface area contributed by atoms with Crippen molar-refractivity contribution in [2.45, 2.75) is 37.9 Å². The molecular formula is C22H25N3O2S. The average Bonchev–Trinajstić information content (AvgIpc) is 3.37. The van der Waals surface area contributed by atoms with E-state index in [1.54, 1.807) is 11.8 Å². The van der Waals surface area contributed by atoms with Gasteiger partial charge in [-0.3, -0.25) is 4.57 Å². The average molecular weight is 396 g/mol. The van der Waals surface area contributed by atoms with Gasteiger partial charge in [-0.05, 0) is 57.0 Å². The van der Waals surface area contributed by atoms with Crippen LogP contribution in [-0.4, -0.2) is 39.8 Å². The number of nitrogens with zero attached hydrogens (tertiary/aromatic N) is 3. The van der Waals surface area contributed by atoms with Crippen LogP contribution in [0.15, 0.2) is 53.7 Å². The van der Waals surface area contributed by atoms with Gasteiger partial charge in [-0.15, -0.1) is 10.2 Å². The summed E-state index contributed by atoms with van der Waals surface area (Å²) in [7, 11) is 0. The molecule has 0 amide bonds. The maximum atomic E-state index is 5.78. The minimum atomic E-state index is 0.304. The zero-order valence-electron chi connectivity index (χ0n) is 16.3. The van der Waals surface area contributed by atoms with Crippen molar-refractivity contribution in [3.8, 4) is 22.8 Å². The van der Waals surface area contributed by atoms with Crippen molar-refractivity contribution in [2.24, 2.45) is 0 Å². The standard InChI is InChI=1S/C22H25N3O2S/c1-3-26-19-11-9-18(10-12-19)25-21(17-7-4-6-16(2)14-17)23-24-22(25)28-15-20-8-5-13-27-20/h4,6-7,9-12,14,20H,3,5,8,13,15H2,1-2H3. The van der Waals surface area contributed by atoms with E-state index in [4.69, 9.17) is 9.47 Å². The zero-order valence-corrected chi connectivity index (χ0v) is 17.1. The molecule has 146 valence electrons. The molecule has 0 spiro atoms. The van der Waals surface area contributed by atoms with Crippen molar-refractivity contribution in [3.63, 3.8) is 0 Å². The van der Waals surface area contributed by atoms with Crippen LogP contribution < -0.4 is 4.74 Å². The van der Waals surface area contributed by atoms with Crippen molar-refractivity contribution < 1.29 is 9.47 Å².